The molecule has 19 rings (SSSR count). The molecule has 6 heterocycles. The van der Waals surface area contributed by atoms with Gasteiger partial charge in [-0.25, -0.2) is 0 Å². The van der Waals surface area contributed by atoms with Gasteiger partial charge >= 0.3 is 0 Å². The van der Waals surface area contributed by atoms with Gasteiger partial charge in [0.2, 0.25) is 35.3 Å². The summed E-state index contributed by atoms with van der Waals surface area (Å²) in [5, 5.41) is 37.0. The fraction of sp³-hybridized carbons (Fsp3) is 0.164. The number of hydrogen-bond donors (Lipinski definition) is 0. The van der Waals surface area contributed by atoms with Crippen LogP contribution in [0.1, 0.15) is 117 Å². The molecule has 0 fully saturated rings. The highest BCUT2D eigenvalue weighted by Gasteiger charge is 2.24. The number of hydrogen-bond acceptors (Lipinski definition) is 13. The van der Waals surface area contributed by atoms with E-state index in [4.69, 9.17) is 23.2 Å². The quantitative estimate of drug-likeness (QED) is 0.0999. The molecule has 0 radical (unpaired) electrons. The minimum absolute atomic E-state index is 0.0868. The molecule has 0 aliphatic heterocycles. The summed E-state index contributed by atoms with van der Waals surface area (Å²) in [5.41, 5.74) is 27.3. The van der Waals surface area contributed by atoms with Crippen molar-refractivity contribution >= 4 is 21.8 Å². The van der Waals surface area contributed by atoms with E-state index < -0.39 is 0 Å². The van der Waals surface area contributed by atoms with Gasteiger partial charge in [-0.15, -0.1) is 40.8 Å². The molecule has 6 aromatic heterocycles. The molecule has 0 amide bonds. The fourth-order valence-corrected chi connectivity index (χ4v) is 14.9. The second kappa shape index (κ2) is 35.5. The molecule has 13 aromatic carbocycles. The first kappa shape index (κ1) is 82.9. The first-order valence-electron chi connectivity index (χ1n) is 42.0. The zero-order valence-corrected chi connectivity index (χ0v) is 72.6. The van der Waals surface area contributed by atoms with Crippen LogP contribution < -0.4 is 0 Å². The van der Waals surface area contributed by atoms with Crippen LogP contribution in [0.25, 0.3) is 164 Å². The minimum atomic E-state index is 0.0868. The number of fused-ring (bicyclic) bond motifs is 3. The summed E-state index contributed by atoms with van der Waals surface area (Å²) in [7, 11) is 0. The Morgan fingerprint density at radius 2 is 0.444 bits per heavy atom. The second-order valence-corrected chi connectivity index (χ2v) is 35.2. The molecule has 14 nitrogen and oxygen atoms in total. The van der Waals surface area contributed by atoms with Crippen molar-refractivity contribution in [3.05, 3.63) is 379 Å². The van der Waals surface area contributed by atoms with Crippen LogP contribution in [0.15, 0.2) is 359 Å². The topological polar surface area (TPSA) is 173 Å². The van der Waals surface area contributed by atoms with E-state index in [9.17, 15) is 0 Å². The zero-order chi connectivity index (χ0) is 86.3. The Morgan fingerprint density at radius 1 is 0.210 bits per heavy atom. The van der Waals surface area contributed by atoms with Crippen molar-refractivity contribution in [3.63, 3.8) is 0 Å². The van der Waals surface area contributed by atoms with Crippen molar-refractivity contribution in [2.45, 2.75) is 119 Å². The number of aryl methyl sites for hydroxylation is 2. The molecule has 0 atom stereocenters. The molecule has 124 heavy (non-hydrogen) atoms. The molecular formula is C110H99N11O3. The molecule has 0 aliphatic rings. The van der Waals surface area contributed by atoms with E-state index in [0.717, 1.165) is 101 Å². The highest BCUT2D eigenvalue weighted by atomic mass is 16.4. The first-order chi connectivity index (χ1) is 59.8. The van der Waals surface area contributed by atoms with Gasteiger partial charge in [-0.1, -0.05) is 338 Å². The summed E-state index contributed by atoms with van der Waals surface area (Å²) < 4.78 is 20.0. The number of aromatic nitrogens is 11. The molecule has 0 unspecified atom stereocenters. The van der Waals surface area contributed by atoms with Crippen LogP contribution in [0, 0.1) is 13.8 Å². The van der Waals surface area contributed by atoms with E-state index in [2.05, 4.69) is 361 Å². The highest BCUT2D eigenvalue weighted by Crippen LogP contribution is 2.40. The summed E-state index contributed by atoms with van der Waals surface area (Å²) in [5.74, 6) is 4.57. The Balaban J connectivity index is 0.000000123. The largest absolute Gasteiger partial charge is 0.416 e. The molecular weight excluding hydrogens is 1520 g/mol. The van der Waals surface area contributed by atoms with Crippen molar-refractivity contribution in [2.24, 2.45) is 0 Å². The van der Waals surface area contributed by atoms with Crippen LogP contribution in [-0.4, -0.2) is 55.3 Å². The van der Waals surface area contributed by atoms with E-state index >= 15 is 0 Å². The standard InChI is InChI=1S/C30H30N4O2.C30H27N3.C26H20N2.C24H22N2O/c1-29(2,3)23-14-10-19(11-15-23)25-31-33-27(35-25)21-8-7-9-22(18-21)28-34-32-26(36-28)20-12-16-24(17-13-20)30(4,5)6;1-30(2,3)26-20-18-25(19-21-26)29-32-31-28(33(29)27-12-8-5-9-13-27)24-16-14-23(15-17-24)22-10-6-4-7-11-22;1-17-15-23(19-9-5-3-6-10-19)21-13-14-22-24(20-11-7-4-8-12-20)16-18(2)28-26(22)25(21)27-17;1-24(2,3)21-15-13-20(14-16-21)23-26-25-22(27-23)19-11-9-18(10-12-19)17-7-5-4-6-8-17/h7-18H,1-6H3;4-21H,1-3H3;3-16H,1-2H3;4-16H,1-3H3. The van der Waals surface area contributed by atoms with Crippen molar-refractivity contribution in [1.29, 1.82) is 0 Å². The van der Waals surface area contributed by atoms with E-state index in [1.807, 2.05) is 127 Å². The normalized spacial score (nSPS) is 11.6. The number of para-hydroxylation sites is 1. The minimum Gasteiger partial charge on any atom is -0.416 e. The maximum Gasteiger partial charge on any atom is 0.248 e. The molecule has 19 aromatic rings. The van der Waals surface area contributed by atoms with Gasteiger partial charge < -0.3 is 13.3 Å². The lowest BCUT2D eigenvalue weighted by molar-refractivity contribution is 0.580. The summed E-state index contributed by atoms with van der Waals surface area (Å²) in [4.78, 5) is 9.81. The zero-order valence-electron chi connectivity index (χ0n) is 72.6. The van der Waals surface area contributed by atoms with Crippen molar-refractivity contribution < 1.29 is 13.3 Å². The van der Waals surface area contributed by atoms with E-state index in [0.29, 0.717) is 35.3 Å². The molecule has 0 spiro atoms. The maximum atomic E-state index is 6.00. The van der Waals surface area contributed by atoms with Crippen LogP contribution in [0.5, 0.6) is 0 Å². The monoisotopic (exact) mass is 1620 g/mol. The molecule has 0 saturated heterocycles. The fourth-order valence-electron chi connectivity index (χ4n) is 14.9. The van der Waals surface area contributed by atoms with Crippen molar-refractivity contribution in [2.75, 3.05) is 0 Å². The lowest BCUT2D eigenvalue weighted by atomic mass is 9.86. The number of rotatable bonds is 13. The maximum absolute atomic E-state index is 6.00. The van der Waals surface area contributed by atoms with Gasteiger partial charge in [-0.2, -0.15) is 0 Å². The van der Waals surface area contributed by atoms with Crippen molar-refractivity contribution in [1.82, 2.24) is 55.3 Å². The molecule has 612 valence electrons. The van der Waals surface area contributed by atoms with Gasteiger partial charge in [0, 0.05) is 72.4 Å². The lowest BCUT2D eigenvalue weighted by Crippen LogP contribution is -2.10. The molecule has 0 bridgehead atoms. The lowest BCUT2D eigenvalue weighted by Gasteiger charge is -2.19. The summed E-state index contributed by atoms with van der Waals surface area (Å²) in [6, 6.07) is 119. The van der Waals surface area contributed by atoms with Gasteiger partial charge in [0.15, 0.2) is 11.6 Å². The van der Waals surface area contributed by atoms with Gasteiger partial charge in [0.05, 0.1) is 11.0 Å². The SMILES string of the molecule is CC(C)(C)c1ccc(-c2nnc(-c3ccc(-c4ccccc4)cc3)n2-c2ccccc2)cc1.CC(C)(C)c1ccc(-c2nnc(-c3ccc(-c4ccccc4)cc3)o2)cc1.CC(C)(C)c1ccc(-c2nnc(-c3cccc(-c4nnc(-c5ccc(C(C)(C)C)cc5)o4)c3)o2)cc1.Cc1cc(-c2ccccc2)c2ccc3c(-c4ccccc4)cc(C)nc3c2n1. The highest BCUT2D eigenvalue weighted by molar-refractivity contribution is 6.12. The smallest absolute Gasteiger partial charge is 0.248 e. The van der Waals surface area contributed by atoms with E-state index in [1.54, 1.807) is 0 Å². The number of nitrogens with zero attached hydrogens (tertiary/aromatic N) is 11. The van der Waals surface area contributed by atoms with Crippen LogP contribution in [0.3, 0.4) is 0 Å². The summed E-state index contributed by atoms with van der Waals surface area (Å²) in [6.45, 7) is 30.5. The Bertz CT molecular complexity index is 6610. The molecule has 0 saturated carbocycles. The predicted molar refractivity (Wildman–Crippen MR) is 504 cm³/mol. The van der Waals surface area contributed by atoms with Gasteiger partial charge in [-0.3, -0.25) is 14.5 Å². The number of benzene rings is 13. The van der Waals surface area contributed by atoms with Gasteiger partial charge in [0.25, 0.3) is 0 Å². The van der Waals surface area contributed by atoms with Crippen LogP contribution >= 0.6 is 0 Å². The van der Waals surface area contributed by atoms with E-state index in [-0.39, 0.29) is 21.7 Å². The molecule has 0 aliphatic carbocycles. The summed E-state index contributed by atoms with van der Waals surface area (Å²) in [6.07, 6.45) is 0. The van der Waals surface area contributed by atoms with Crippen LogP contribution in [0.2, 0.25) is 0 Å². The Labute approximate surface area is 725 Å². The van der Waals surface area contributed by atoms with Crippen LogP contribution in [-0.2, 0) is 21.7 Å². The Hall–Kier alpha value is -14.8. The third-order valence-electron chi connectivity index (χ3n) is 22.0. The average molecular weight is 1620 g/mol. The van der Waals surface area contributed by atoms with E-state index in [1.165, 1.54) is 61.2 Å². The summed E-state index contributed by atoms with van der Waals surface area (Å²) >= 11 is 0. The molecule has 0 N–H and O–H groups in total. The van der Waals surface area contributed by atoms with Crippen LogP contribution in [0.4, 0.5) is 0 Å². The first-order valence-corrected chi connectivity index (χ1v) is 42.0. The second-order valence-electron chi connectivity index (χ2n) is 35.2. The predicted octanol–water partition coefficient (Wildman–Crippen LogP) is 28.4. The third-order valence-corrected chi connectivity index (χ3v) is 22.0. The Morgan fingerprint density at radius 3 is 0.742 bits per heavy atom. The Kier molecular flexibility index (Phi) is 23.7. The van der Waals surface area contributed by atoms with Gasteiger partial charge in [0.1, 0.15) is 0 Å². The van der Waals surface area contributed by atoms with Gasteiger partial charge in [-0.05, 0) is 193 Å². The average Bonchev–Trinajstić information content (AvgIpc) is 0.778. The number of pyridine rings is 2. The molecule has 14 heteroatoms. The van der Waals surface area contributed by atoms with Crippen molar-refractivity contribution in [3.8, 4) is 142 Å². The third kappa shape index (κ3) is 19.0.